The molecule has 2 aliphatic rings. The van der Waals surface area contributed by atoms with Gasteiger partial charge in [0.25, 0.3) is 5.24 Å². The Labute approximate surface area is 188 Å². The zero-order valence-corrected chi connectivity index (χ0v) is 18.7. The highest BCUT2D eigenvalue weighted by molar-refractivity contribution is 8.14. The highest BCUT2D eigenvalue weighted by Crippen LogP contribution is 2.36. The van der Waals surface area contributed by atoms with E-state index in [4.69, 9.17) is 9.47 Å². The molecule has 1 amide bonds. The first-order valence-electron chi connectivity index (χ1n) is 10.7. The first-order chi connectivity index (χ1) is 14.9. The number of thioether (sulfide) groups is 1. The van der Waals surface area contributed by atoms with Crippen LogP contribution in [0.4, 0.5) is 4.79 Å². The van der Waals surface area contributed by atoms with Crippen molar-refractivity contribution in [2.75, 3.05) is 5.75 Å². The highest BCUT2D eigenvalue weighted by atomic mass is 32.2. The van der Waals surface area contributed by atoms with E-state index in [1.807, 2.05) is 31.2 Å². The molecule has 2 aliphatic heterocycles. The number of benzene rings is 1. The third-order valence-corrected chi connectivity index (χ3v) is 6.50. The molecule has 0 unspecified atom stereocenters. The quantitative estimate of drug-likeness (QED) is 0.338. The molecule has 7 heteroatoms. The van der Waals surface area contributed by atoms with Crippen LogP contribution in [-0.4, -0.2) is 46.1 Å². The van der Waals surface area contributed by atoms with Crippen molar-refractivity contribution in [1.82, 2.24) is 5.32 Å². The average Bonchev–Trinajstić information content (AvgIpc) is 3.18. The van der Waals surface area contributed by atoms with Crippen molar-refractivity contribution in [3.8, 4) is 0 Å². The number of esters is 1. The molecule has 0 aromatic heterocycles. The van der Waals surface area contributed by atoms with Crippen LogP contribution in [0.3, 0.4) is 0 Å². The minimum Gasteiger partial charge on any atom is -0.459 e. The van der Waals surface area contributed by atoms with Gasteiger partial charge in [-0.3, -0.25) is 4.79 Å². The molecule has 0 bridgehead atoms. The maximum atomic E-state index is 12.4. The lowest BCUT2D eigenvalue weighted by Gasteiger charge is -2.43. The summed E-state index contributed by atoms with van der Waals surface area (Å²) in [4.78, 5) is 24.1. The number of carbonyl (C=O) groups is 2. The minimum absolute atomic E-state index is 0.131. The summed E-state index contributed by atoms with van der Waals surface area (Å²) in [5.41, 5.74) is 2.10. The van der Waals surface area contributed by atoms with Crippen LogP contribution in [0.25, 0.3) is 0 Å². The van der Waals surface area contributed by atoms with Crippen molar-refractivity contribution in [3.05, 3.63) is 60.2 Å². The van der Waals surface area contributed by atoms with Crippen LogP contribution in [0.15, 0.2) is 54.6 Å². The van der Waals surface area contributed by atoms with E-state index in [0.717, 1.165) is 36.6 Å². The smallest absolute Gasteiger partial charge is 0.330 e. The Bertz CT molecular complexity index is 811. The maximum absolute atomic E-state index is 12.4. The van der Waals surface area contributed by atoms with Gasteiger partial charge in [-0.25, -0.2) is 4.79 Å². The number of carbonyl (C=O) groups excluding carboxylic acids is 2. The third-order valence-electron chi connectivity index (χ3n) is 5.62. The number of nitrogens with one attached hydrogen (secondary N) is 1. The maximum Gasteiger partial charge on any atom is 0.330 e. The van der Waals surface area contributed by atoms with E-state index in [1.54, 1.807) is 0 Å². The van der Waals surface area contributed by atoms with E-state index in [-0.39, 0.29) is 17.8 Å². The summed E-state index contributed by atoms with van der Waals surface area (Å²) in [5.74, 6) is -1.56. The van der Waals surface area contributed by atoms with Gasteiger partial charge in [-0.2, -0.15) is 0 Å². The molecule has 2 heterocycles. The number of allylic oxidation sites excluding steroid dienone is 2. The highest BCUT2D eigenvalue weighted by Gasteiger charge is 2.49. The fraction of sp³-hybridized carbons (Fsp3) is 0.500. The van der Waals surface area contributed by atoms with Gasteiger partial charge in [0.15, 0.2) is 5.79 Å². The lowest BCUT2D eigenvalue weighted by molar-refractivity contribution is -0.283. The number of rotatable bonds is 9. The molecular formula is C24H31NO5S. The van der Waals surface area contributed by atoms with Crippen LogP contribution in [-0.2, 0) is 20.7 Å². The summed E-state index contributed by atoms with van der Waals surface area (Å²) in [6.45, 7) is 5.58. The van der Waals surface area contributed by atoms with E-state index in [0.29, 0.717) is 18.6 Å². The van der Waals surface area contributed by atoms with Crippen LogP contribution in [0.1, 0.15) is 44.6 Å². The SMILES string of the molecule is C=CCC/C(C)=C\C(=O)O[C@@H]1C[C@@H](CCc2ccccc2)O[C@@](O)([C@@H]2CSC(=O)N2)C1. The Hall–Kier alpha value is -2.09. The molecule has 1 aromatic carbocycles. The van der Waals surface area contributed by atoms with Crippen LogP contribution < -0.4 is 5.32 Å². The van der Waals surface area contributed by atoms with Crippen molar-refractivity contribution in [2.24, 2.45) is 0 Å². The predicted molar refractivity (Wildman–Crippen MR) is 122 cm³/mol. The third kappa shape index (κ3) is 6.95. The zero-order chi connectivity index (χ0) is 22.3. The molecule has 1 aromatic rings. The molecule has 2 fully saturated rings. The van der Waals surface area contributed by atoms with Gasteiger partial charge in [-0.15, -0.1) is 6.58 Å². The molecule has 0 aliphatic carbocycles. The van der Waals surface area contributed by atoms with Gasteiger partial charge in [-0.1, -0.05) is 53.7 Å². The second-order valence-electron chi connectivity index (χ2n) is 8.22. The average molecular weight is 446 g/mol. The molecule has 2 N–H and O–H groups in total. The number of ether oxygens (including phenoxy) is 2. The first-order valence-corrected chi connectivity index (χ1v) is 11.7. The topological polar surface area (TPSA) is 84.9 Å². The van der Waals surface area contributed by atoms with Crippen molar-refractivity contribution >= 4 is 23.0 Å². The van der Waals surface area contributed by atoms with Crippen molar-refractivity contribution in [3.63, 3.8) is 0 Å². The number of hydrogen-bond donors (Lipinski definition) is 2. The van der Waals surface area contributed by atoms with E-state index in [1.165, 1.54) is 11.6 Å². The normalized spacial score (nSPS) is 28.8. The molecule has 2 saturated heterocycles. The van der Waals surface area contributed by atoms with E-state index in [2.05, 4.69) is 24.0 Å². The number of hydrogen-bond acceptors (Lipinski definition) is 6. The van der Waals surface area contributed by atoms with Gasteiger partial charge in [0.2, 0.25) is 0 Å². The van der Waals surface area contributed by atoms with E-state index in [9.17, 15) is 14.7 Å². The summed E-state index contributed by atoms with van der Waals surface area (Å²) in [5, 5.41) is 13.9. The minimum atomic E-state index is -1.56. The second-order valence-corrected chi connectivity index (χ2v) is 9.21. The summed E-state index contributed by atoms with van der Waals surface area (Å²) in [7, 11) is 0. The lowest BCUT2D eigenvalue weighted by atomic mass is 9.91. The summed E-state index contributed by atoms with van der Waals surface area (Å²) in [6, 6.07) is 9.53. The molecule has 0 radical (unpaired) electrons. The predicted octanol–water partition coefficient (Wildman–Crippen LogP) is 4.14. The van der Waals surface area contributed by atoms with Gasteiger partial charge < -0.3 is 19.9 Å². The lowest BCUT2D eigenvalue weighted by Crippen LogP contribution is -2.58. The summed E-state index contributed by atoms with van der Waals surface area (Å²) < 4.78 is 11.8. The molecule has 4 atom stereocenters. The molecule has 0 spiro atoms. The largest absolute Gasteiger partial charge is 0.459 e. The Morgan fingerprint density at radius 2 is 2.19 bits per heavy atom. The molecule has 0 saturated carbocycles. The van der Waals surface area contributed by atoms with Crippen molar-refractivity contribution < 1.29 is 24.2 Å². The molecular weight excluding hydrogens is 414 g/mol. The molecule has 31 heavy (non-hydrogen) atoms. The fourth-order valence-electron chi connectivity index (χ4n) is 3.98. The summed E-state index contributed by atoms with van der Waals surface area (Å²) in [6.07, 6.45) is 6.20. The Morgan fingerprint density at radius 3 is 2.87 bits per heavy atom. The van der Waals surface area contributed by atoms with E-state index < -0.39 is 23.9 Å². The number of aryl methyl sites for hydroxylation is 1. The van der Waals surface area contributed by atoms with Gasteiger partial charge >= 0.3 is 5.97 Å². The Kier molecular flexibility index (Phi) is 8.35. The van der Waals surface area contributed by atoms with Crippen LogP contribution in [0, 0.1) is 0 Å². The molecule has 3 rings (SSSR count). The van der Waals surface area contributed by atoms with Crippen LogP contribution in [0.2, 0.25) is 0 Å². The molecule has 6 nitrogen and oxygen atoms in total. The van der Waals surface area contributed by atoms with Crippen LogP contribution in [0.5, 0.6) is 0 Å². The van der Waals surface area contributed by atoms with Crippen molar-refractivity contribution in [1.29, 1.82) is 0 Å². The first kappa shape index (κ1) is 23.6. The monoisotopic (exact) mass is 445 g/mol. The number of amides is 1. The second kappa shape index (κ2) is 11.0. The number of aliphatic hydroxyl groups is 1. The zero-order valence-electron chi connectivity index (χ0n) is 17.9. The Morgan fingerprint density at radius 1 is 1.42 bits per heavy atom. The summed E-state index contributed by atoms with van der Waals surface area (Å²) >= 11 is 1.12. The fourth-order valence-corrected chi connectivity index (χ4v) is 4.87. The van der Waals surface area contributed by atoms with Gasteiger partial charge in [0.1, 0.15) is 6.10 Å². The molecule has 168 valence electrons. The van der Waals surface area contributed by atoms with Gasteiger partial charge in [0, 0.05) is 24.7 Å². The van der Waals surface area contributed by atoms with Crippen LogP contribution >= 0.6 is 11.8 Å². The van der Waals surface area contributed by atoms with Crippen molar-refractivity contribution in [2.45, 2.75) is 69.5 Å². The van der Waals surface area contributed by atoms with Gasteiger partial charge in [0.05, 0.1) is 12.1 Å². The standard InChI is InChI=1S/C24H31NO5S/c1-3-4-8-17(2)13-22(26)29-20-14-19(12-11-18-9-6-5-7-10-18)30-24(28,15-20)21-16-31-23(27)25-21/h3,5-7,9-10,13,19-21,28H,1,4,8,11-12,14-16H2,2H3,(H,25,27)/b17-13-/t19-,20-,21+,24-/m1/s1. The van der Waals surface area contributed by atoms with E-state index >= 15 is 0 Å². The van der Waals surface area contributed by atoms with Gasteiger partial charge in [-0.05, 0) is 38.2 Å². The Balaban J connectivity index is 1.67.